The maximum Gasteiger partial charge on any atom is 0.411 e. The number of rotatable bonds is 5. The number of fused-ring (bicyclic) bond motifs is 1. The number of anilines is 1. The van der Waals surface area contributed by atoms with Crippen molar-refractivity contribution in [3.8, 4) is 17.3 Å². The minimum Gasteiger partial charge on any atom is -0.449 e. The molecule has 3 aromatic rings. The van der Waals surface area contributed by atoms with Crippen LogP contribution in [0.5, 0.6) is 0 Å². The first-order valence-electron chi connectivity index (χ1n) is 8.85. The second-order valence-electron chi connectivity index (χ2n) is 6.08. The van der Waals surface area contributed by atoms with Gasteiger partial charge in [0.05, 0.1) is 17.9 Å². The van der Waals surface area contributed by atoms with Gasteiger partial charge in [-0.1, -0.05) is 30.7 Å². The summed E-state index contributed by atoms with van der Waals surface area (Å²) in [4.78, 5) is 11.8. The van der Waals surface area contributed by atoms with Gasteiger partial charge in [-0.05, 0) is 43.7 Å². The summed E-state index contributed by atoms with van der Waals surface area (Å²) in [6.45, 7) is 5.04. The van der Waals surface area contributed by atoms with Gasteiger partial charge in [0, 0.05) is 33.7 Å². The van der Waals surface area contributed by atoms with E-state index in [-0.39, 0.29) is 0 Å². The number of nitriles is 1. The van der Waals surface area contributed by atoms with Gasteiger partial charge in [-0.3, -0.25) is 5.32 Å². The largest absolute Gasteiger partial charge is 0.449 e. The van der Waals surface area contributed by atoms with Gasteiger partial charge in [-0.2, -0.15) is 5.26 Å². The fourth-order valence-electron chi connectivity index (χ4n) is 3.16. The van der Waals surface area contributed by atoms with Crippen LogP contribution in [0.2, 0.25) is 5.02 Å². The van der Waals surface area contributed by atoms with Gasteiger partial charge in [-0.25, -0.2) is 4.79 Å². The monoisotopic (exact) mass is 381 g/mol. The van der Waals surface area contributed by atoms with E-state index < -0.39 is 6.09 Å². The first kappa shape index (κ1) is 18.8. The van der Waals surface area contributed by atoms with Gasteiger partial charge >= 0.3 is 6.09 Å². The lowest BCUT2D eigenvalue weighted by molar-refractivity contribution is 0.161. The predicted octanol–water partition coefficient (Wildman–Crippen LogP) is 5.81. The van der Waals surface area contributed by atoms with E-state index in [1.165, 1.54) is 0 Å². The number of ether oxygens (including phenoxy) is 1. The van der Waals surface area contributed by atoms with Crippen molar-refractivity contribution >= 4 is 34.3 Å². The topological polar surface area (TPSA) is 67.0 Å². The van der Waals surface area contributed by atoms with Gasteiger partial charge in [0.2, 0.25) is 0 Å². The Morgan fingerprint density at radius 2 is 2.07 bits per heavy atom. The van der Waals surface area contributed by atoms with Crippen molar-refractivity contribution in [1.29, 1.82) is 5.26 Å². The van der Waals surface area contributed by atoms with Crippen LogP contribution >= 0.6 is 11.6 Å². The van der Waals surface area contributed by atoms with Crippen LogP contribution in [-0.4, -0.2) is 17.3 Å². The number of carbonyl (C=O) groups excluding carboxylic acids is 1. The Bertz CT molecular complexity index is 1030. The van der Waals surface area contributed by atoms with E-state index in [9.17, 15) is 10.1 Å². The Hall–Kier alpha value is -2.97. The first-order chi connectivity index (χ1) is 13.1. The number of carbonyl (C=O) groups is 1. The summed E-state index contributed by atoms with van der Waals surface area (Å²) < 4.78 is 7.15. The molecule has 0 aliphatic carbocycles. The Labute approximate surface area is 163 Å². The van der Waals surface area contributed by atoms with Crippen LogP contribution in [0.4, 0.5) is 10.5 Å². The maximum absolute atomic E-state index is 11.8. The molecule has 2 aromatic carbocycles. The molecule has 5 nitrogen and oxygen atoms in total. The molecule has 138 valence electrons. The molecule has 0 aliphatic heterocycles. The second-order valence-corrected chi connectivity index (χ2v) is 6.52. The number of aromatic nitrogens is 1. The molecule has 0 radical (unpaired) electrons. The average Bonchev–Trinajstić information content (AvgIpc) is 2.99. The molecule has 0 fully saturated rings. The van der Waals surface area contributed by atoms with Crippen molar-refractivity contribution in [2.24, 2.45) is 0 Å². The zero-order valence-electron chi connectivity index (χ0n) is 15.3. The Kier molecular flexibility index (Phi) is 5.68. The lowest BCUT2D eigenvalue weighted by Crippen LogP contribution is -2.14. The minimum absolute atomic E-state index is 0.370. The van der Waals surface area contributed by atoms with E-state index in [1.54, 1.807) is 6.07 Å². The van der Waals surface area contributed by atoms with Gasteiger partial charge < -0.3 is 9.30 Å². The van der Waals surface area contributed by atoms with E-state index in [0.29, 0.717) is 29.4 Å². The highest BCUT2D eigenvalue weighted by Crippen LogP contribution is 2.35. The quantitative estimate of drug-likeness (QED) is 0.606. The molecule has 3 rings (SSSR count). The van der Waals surface area contributed by atoms with Gasteiger partial charge in [-0.15, -0.1) is 0 Å². The lowest BCUT2D eigenvalue weighted by Gasteiger charge is -2.11. The van der Waals surface area contributed by atoms with Crippen LogP contribution in [0.25, 0.3) is 22.2 Å². The summed E-state index contributed by atoms with van der Waals surface area (Å²) in [5.74, 6) is 0. The predicted molar refractivity (Wildman–Crippen MR) is 108 cm³/mol. The summed E-state index contributed by atoms with van der Waals surface area (Å²) in [5, 5.41) is 13.9. The molecule has 0 spiro atoms. The van der Waals surface area contributed by atoms with E-state index in [1.807, 2.05) is 50.2 Å². The molecular weight excluding hydrogens is 362 g/mol. The summed E-state index contributed by atoms with van der Waals surface area (Å²) in [6, 6.07) is 15.3. The van der Waals surface area contributed by atoms with Gasteiger partial charge in [0.25, 0.3) is 0 Å². The van der Waals surface area contributed by atoms with E-state index in [4.69, 9.17) is 16.3 Å². The van der Waals surface area contributed by atoms with Crippen LogP contribution in [0.1, 0.15) is 25.8 Å². The molecule has 0 unspecified atom stereocenters. The van der Waals surface area contributed by atoms with Crippen molar-refractivity contribution in [3.05, 3.63) is 53.1 Å². The number of hydrogen-bond acceptors (Lipinski definition) is 3. The molecular formula is C21H20ClN3O2. The molecule has 0 bridgehead atoms. The normalized spacial score (nSPS) is 10.6. The summed E-state index contributed by atoms with van der Waals surface area (Å²) >= 11 is 6.14. The highest BCUT2D eigenvalue weighted by atomic mass is 35.5. The Morgan fingerprint density at radius 3 is 2.78 bits per heavy atom. The van der Waals surface area contributed by atoms with Gasteiger partial charge in [0.15, 0.2) is 0 Å². The second kappa shape index (κ2) is 8.15. The third kappa shape index (κ3) is 3.76. The fraction of sp³-hybridized carbons (Fsp3) is 0.238. The molecule has 1 aromatic heterocycles. The molecule has 0 saturated carbocycles. The molecule has 0 atom stereocenters. The van der Waals surface area contributed by atoms with Crippen LogP contribution in [0.15, 0.2) is 42.5 Å². The maximum atomic E-state index is 11.8. The molecule has 1 heterocycles. The van der Waals surface area contributed by atoms with Crippen molar-refractivity contribution in [3.63, 3.8) is 0 Å². The lowest BCUT2D eigenvalue weighted by atomic mass is 10.1. The molecule has 6 heteroatoms. The highest BCUT2D eigenvalue weighted by Gasteiger charge is 2.18. The zero-order chi connectivity index (χ0) is 19.4. The molecule has 1 N–H and O–H groups in total. The summed E-state index contributed by atoms with van der Waals surface area (Å²) in [6.07, 6.45) is 0.273. The van der Waals surface area contributed by atoms with E-state index in [0.717, 1.165) is 28.6 Å². The summed E-state index contributed by atoms with van der Waals surface area (Å²) in [7, 11) is 0. The number of nitrogens with one attached hydrogen (secondary N) is 1. The third-order valence-electron chi connectivity index (χ3n) is 4.27. The van der Waals surface area contributed by atoms with Crippen molar-refractivity contribution < 1.29 is 9.53 Å². The number of benzene rings is 2. The number of nitrogens with zero attached hydrogens (tertiary/aromatic N) is 2. The molecule has 0 saturated heterocycles. The Balaban J connectivity index is 2.09. The third-order valence-corrected chi connectivity index (χ3v) is 4.51. The van der Waals surface area contributed by atoms with Crippen LogP contribution < -0.4 is 5.32 Å². The zero-order valence-corrected chi connectivity index (χ0v) is 16.0. The Morgan fingerprint density at radius 1 is 1.26 bits per heavy atom. The number of aryl methyl sites for hydroxylation is 1. The number of halogens is 1. The van der Waals surface area contributed by atoms with E-state index >= 15 is 0 Å². The average molecular weight is 382 g/mol. The van der Waals surface area contributed by atoms with E-state index in [2.05, 4.69) is 16.0 Å². The smallest absolute Gasteiger partial charge is 0.411 e. The fourth-order valence-corrected chi connectivity index (χ4v) is 3.33. The van der Waals surface area contributed by atoms with Gasteiger partial charge in [0.1, 0.15) is 6.07 Å². The number of hydrogen-bond donors (Lipinski definition) is 1. The van der Waals surface area contributed by atoms with Crippen molar-refractivity contribution in [2.75, 3.05) is 11.9 Å². The highest BCUT2D eigenvalue weighted by molar-refractivity contribution is 6.31. The van der Waals surface area contributed by atoms with Crippen molar-refractivity contribution in [1.82, 2.24) is 4.57 Å². The van der Waals surface area contributed by atoms with Crippen LogP contribution in [0, 0.1) is 11.3 Å². The van der Waals surface area contributed by atoms with Crippen molar-refractivity contribution in [2.45, 2.75) is 26.8 Å². The molecule has 1 amide bonds. The molecule has 27 heavy (non-hydrogen) atoms. The van der Waals surface area contributed by atoms with Crippen LogP contribution in [-0.2, 0) is 11.3 Å². The first-order valence-corrected chi connectivity index (χ1v) is 9.22. The standard InChI is InChI=1S/C21H20ClN3O2/c1-3-10-27-21(26)24-16-7-5-6-14(11-16)20-18(13-23)17-12-15(22)8-9-19(17)25(20)4-2/h5-9,11-12H,3-4,10H2,1-2H3,(H,24,26). The molecule has 0 aliphatic rings. The summed E-state index contributed by atoms with van der Waals surface area (Å²) in [5.41, 5.74) is 3.79. The van der Waals surface area contributed by atoms with Crippen LogP contribution in [0.3, 0.4) is 0 Å². The minimum atomic E-state index is -0.489. The number of amides is 1. The SMILES string of the molecule is CCCOC(=O)Nc1cccc(-c2c(C#N)c3cc(Cl)ccc3n2CC)c1.